The van der Waals surface area contributed by atoms with E-state index in [4.69, 9.17) is 9.47 Å². The van der Waals surface area contributed by atoms with Gasteiger partial charge in [0.2, 0.25) is 0 Å². The highest BCUT2D eigenvalue weighted by molar-refractivity contribution is 5.83. The van der Waals surface area contributed by atoms with Gasteiger partial charge in [-0.15, -0.1) is 0 Å². The first-order valence-electron chi connectivity index (χ1n) is 7.67. The van der Waals surface area contributed by atoms with E-state index in [9.17, 15) is 9.59 Å². The molecule has 1 rings (SSSR count). The molecule has 1 fully saturated rings. The number of hydrogen-bond acceptors (Lipinski definition) is 4. The monoisotopic (exact) mass is 304 g/mol. The van der Waals surface area contributed by atoms with Crippen LogP contribution >= 0.6 is 0 Å². The van der Waals surface area contributed by atoms with Crippen molar-refractivity contribution in [3.05, 3.63) is 48.6 Å². The van der Waals surface area contributed by atoms with Gasteiger partial charge in [0.25, 0.3) is 0 Å². The van der Waals surface area contributed by atoms with Crippen molar-refractivity contribution < 1.29 is 19.1 Å². The van der Waals surface area contributed by atoms with Crippen LogP contribution in [0.25, 0.3) is 0 Å². The molecule has 0 aromatic carbocycles. The second-order valence-electron chi connectivity index (χ2n) is 5.00. The Kier molecular flexibility index (Phi) is 8.65. The third kappa shape index (κ3) is 7.07. The predicted octanol–water partition coefficient (Wildman–Crippen LogP) is 3.65. The Morgan fingerprint density at radius 3 is 1.55 bits per heavy atom. The van der Waals surface area contributed by atoms with E-state index in [-0.39, 0.29) is 12.2 Å². The van der Waals surface area contributed by atoms with Crippen LogP contribution in [0.1, 0.15) is 39.5 Å². The van der Waals surface area contributed by atoms with Gasteiger partial charge in [-0.1, -0.05) is 36.5 Å². The van der Waals surface area contributed by atoms with E-state index in [1.165, 1.54) is 12.2 Å². The molecule has 0 spiro atoms. The summed E-state index contributed by atoms with van der Waals surface area (Å²) >= 11 is 0. The summed E-state index contributed by atoms with van der Waals surface area (Å²) in [7, 11) is 0. The molecule has 0 bridgehead atoms. The van der Waals surface area contributed by atoms with Gasteiger partial charge in [-0.2, -0.15) is 0 Å². The summed E-state index contributed by atoms with van der Waals surface area (Å²) in [6, 6.07) is 0. The molecular formula is C18H24O4. The molecule has 1 aliphatic carbocycles. The molecule has 2 atom stereocenters. The zero-order valence-corrected chi connectivity index (χ0v) is 13.2. The van der Waals surface area contributed by atoms with E-state index >= 15 is 0 Å². The third-order valence-corrected chi connectivity index (χ3v) is 3.25. The molecule has 4 heteroatoms. The quantitative estimate of drug-likeness (QED) is 0.427. The maximum Gasteiger partial charge on any atom is 0.331 e. The second-order valence-corrected chi connectivity index (χ2v) is 5.00. The fourth-order valence-corrected chi connectivity index (χ4v) is 2.20. The molecule has 0 saturated heterocycles. The Hall–Kier alpha value is -2.10. The molecule has 0 aromatic rings. The minimum atomic E-state index is -0.407. The SMILES string of the molecule is C/C=C/C=C/C(=O)OC1CCCCC1OC(=O)/C=C/C=C/C. The van der Waals surface area contributed by atoms with E-state index in [0.29, 0.717) is 0 Å². The van der Waals surface area contributed by atoms with Crippen LogP contribution in [0.5, 0.6) is 0 Å². The Labute approximate surface area is 132 Å². The van der Waals surface area contributed by atoms with Crippen LogP contribution in [0.2, 0.25) is 0 Å². The number of hydrogen-bond donors (Lipinski definition) is 0. The molecular weight excluding hydrogens is 280 g/mol. The number of ether oxygens (including phenoxy) is 2. The molecule has 4 nitrogen and oxygen atoms in total. The van der Waals surface area contributed by atoms with Crippen LogP contribution in [0, 0.1) is 0 Å². The third-order valence-electron chi connectivity index (χ3n) is 3.25. The van der Waals surface area contributed by atoms with Crippen LogP contribution in [-0.2, 0) is 19.1 Å². The van der Waals surface area contributed by atoms with Gasteiger partial charge in [0, 0.05) is 12.2 Å². The lowest BCUT2D eigenvalue weighted by atomic mass is 9.94. The van der Waals surface area contributed by atoms with Gasteiger partial charge in [0.15, 0.2) is 0 Å². The molecule has 22 heavy (non-hydrogen) atoms. The van der Waals surface area contributed by atoms with Crippen molar-refractivity contribution in [2.45, 2.75) is 51.7 Å². The van der Waals surface area contributed by atoms with Gasteiger partial charge in [-0.25, -0.2) is 9.59 Å². The van der Waals surface area contributed by atoms with Crippen LogP contribution in [0.15, 0.2) is 48.6 Å². The zero-order valence-electron chi connectivity index (χ0n) is 13.2. The molecule has 0 heterocycles. The maximum atomic E-state index is 11.7. The van der Waals surface area contributed by atoms with Crippen molar-refractivity contribution in [2.24, 2.45) is 0 Å². The molecule has 0 aromatic heterocycles. The molecule has 0 amide bonds. The predicted molar refractivity (Wildman–Crippen MR) is 86.1 cm³/mol. The number of carbonyl (C=O) groups is 2. The van der Waals surface area contributed by atoms with Gasteiger partial charge >= 0.3 is 11.9 Å². The average Bonchev–Trinajstić information content (AvgIpc) is 2.50. The number of allylic oxidation sites excluding steroid dienone is 6. The van der Waals surface area contributed by atoms with E-state index in [0.717, 1.165) is 25.7 Å². The largest absolute Gasteiger partial charge is 0.455 e. The standard InChI is InChI=1S/C18H24O4/c1-3-5-7-13-17(19)21-15-11-9-10-12-16(15)22-18(20)14-8-6-4-2/h3-8,13-16H,9-12H2,1-2H3/b5-3+,6-4+,13-7+,14-8+. The van der Waals surface area contributed by atoms with Crippen molar-refractivity contribution in [2.75, 3.05) is 0 Å². The van der Waals surface area contributed by atoms with Crippen LogP contribution in [0.3, 0.4) is 0 Å². The van der Waals surface area contributed by atoms with E-state index in [1.807, 2.05) is 26.0 Å². The molecule has 1 saturated carbocycles. The lowest BCUT2D eigenvalue weighted by molar-refractivity contribution is -0.165. The molecule has 1 aliphatic rings. The summed E-state index contributed by atoms with van der Waals surface area (Å²) in [5.41, 5.74) is 0. The van der Waals surface area contributed by atoms with Crippen LogP contribution in [0.4, 0.5) is 0 Å². The second kappa shape index (κ2) is 10.6. The Balaban J connectivity index is 2.55. The summed E-state index contributed by atoms with van der Waals surface area (Å²) in [6.45, 7) is 3.74. The van der Waals surface area contributed by atoms with Crippen molar-refractivity contribution in [3.8, 4) is 0 Å². The maximum absolute atomic E-state index is 11.7. The highest BCUT2D eigenvalue weighted by Crippen LogP contribution is 2.24. The van der Waals surface area contributed by atoms with Crippen LogP contribution in [-0.4, -0.2) is 24.1 Å². The summed E-state index contributed by atoms with van der Waals surface area (Å²) < 4.78 is 10.8. The number of esters is 2. The van der Waals surface area contributed by atoms with Gasteiger partial charge in [-0.3, -0.25) is 0 Å². The molecule has 2 unspecified atom stereocenters. The molecule has 0 radical (unpaired) electrons. The van der Waals surface area contributed by atoms with Crippen molar-refractivity contribution in [1.29, 1.82) is 0 Å². The minimum absolute atomic E-state index is 0.365. The molecule has 0 aliphatic heterocycles. The molecule has 120 valence electrons. The van der Waals surface area contributed by atoms with E-state index < -0.39 is 11.9 Å². The smallest absolute Gasteiger partial charge is 0.331 e. The Bertz CT molecular complexity index is 427. The topological polar surface area (TPSA) is 52.6 Å². The van der Waals surface area contributed by atoms with Gasteiger partial charge in [-0.05, 0) is 39.5 Å². The summed E-state index contributed by atoms with van der Waals surface area (Å²) in [5.74, 6) is -0.814. The lowest BCUT2D eigenvalue weighted by Gasteiger charge is -2.30. The van der Waals surface area contributed by atoms with Gasteiger partial charge < -0.3 is 9.47 Å². The summed E-state index contributed by atoms with van der Waals surface area (Å²) in [6.07, 6.45) is 15.8. The first-order valence-corrected chi connectivity index (χ1v) is 7.67. The highest BCUT2D eigenvalue weighted by atomic mass is 16.6. The summed E-state index contributed by atoms with van der Waals surface area (Å²) in [5, 5.41) is 0. The van der Waals surface area contributed by atoms with Gasteiger partial charge in [0.1, 0.15) is 12.2 Å². The van der Waals surface area contributed by atoms with Crippen LogP contribution < -0.4 is 0 Å². The number of rotatable bonds is 6. The first-order chi connectivity index (χ1) is 10.7. The fraction of sp³-hybridized carbons (Fsp3) is 0.444. The minimum Gasteiger partial charge on any atom is -0.455 e. The molecule has 0 N–H and O–H groups in total. The van der Waals surface area contributed by atoms with E-state index in [2.05, 4.69) is 0 Å². The summed E-state index contributed by atoms with van der Waals surface area (Å²) in [4.78, 5) is 23.4. The average molecular weight is 304 g/mol. The Morgan fingerprint density at radius 2 is 1.18 bits per heavy atom. The van der Waals surface area contributed by atoms with E-state index in [1.54, 1.807) is 24.3 Å². The normalized spacial score (nSPS) is 22.8. The van der Waals surface area contributed by atoms with Crippen molar-refractivity contribution in [3.63, 3.8) is 0 Å². The number of carbonyl (C=O) groups excluding carboxylic acids is 2. The first kappa shape index (κ1) is 18.0. The zero-order chi connectivity index (χ0) is 16.2. The fourth-order valence-electron chi connectivity index (χ4n) is 2.20. The Morgan fingerprint density at radius 1 is 0.773 bits per heavy atom. The van der Waals surface area contributed by atoms with Gasteiger partial charge in [0.05, 0.1) is 0 Å². The van der Waals surface area contributed by atoms with Crippen molar-refractivity contribution in [1.82, 2.24) is 0 Å². The van der Waals surface area contributed by atoms with Crippen molar-refractivity contribution >= 4 is 11.9 Å². The lowest BCUT2D eigenvalue weighted by Crippen LogP contribution is -2.37. The highest BCUT2D eigenvalue weighted by Gasteiger charge is 2.30.